The highest BCUT2D eigenvalue weighted by Crippen LogP contribution is 2.36. The van der Waals surface area contributed by atoms with E-state index in [0.717, 1.165) is 22.7 Å². The molecule has 0 saturated heterocycles. The van der Waals surface area contributed by atoms with Crippen LogP contribution in [0.5, 0.6) is 0 Å². The largest absolute Gasteiger partial charge is 0.352 e. The predicted octanol–water partition coefficient (Wildman–Crippen LogP) is 2.87. The average Bonchev–Trinajstić information content (AvgIpc) is 2.61. The molecule has 0 spiro atoms. The Morgan fingerprint density at radius 1 is 1.12 bits per heavy atom. The fourth-order valence-corrected chi connectivity index (χ4v) is 4.00. The van der Waals surface area contributed by atoms with Crippen molar-refractivity contribution in [2.45, 2.75) is 29.7 Å². The Balaban J connectivity index is 1.58. The summed E-state index contributed by atoms with van der Waals surface area (Å²) in [5.41, 5.74) is 3.11. The molecule has 136 valence electrons. The Bertz CT molecular complexity index is 807. The molecule has 0 saturated carbocycles. The van der Waals surface area contributed by atoms with Crippen LogP contribution in [-0.2, 0) is 22.7 Å². The SMILES string of the molecule is CN(C)Cc1ccccc1CNC(=O)CC1Sc2ccccc2NC1=O. The maximum atomic E-state index is 12.4. The van der Waals surface area contributed by atoms with Gasteiger partial charge in [0.05, 0.1) is 10.9 Å². The second-order valence-corrected chi connectivity index (χ2v) is 7.82. The first kappa shape index (κ1) is 18.5. The summed E-state index contributed by atoms with van der Waals surface area (Å²) >= 11 is 1.45. The molecule has 0 fully saturated rings. The van der Waals surface area contributed by atoms with Gasteiger partial charge in [-0.05, 0) is 37.4 Å². The van der Waals surface area contributed by atoms with Crippen LogP contribution in [0.15, 0.2) is 53.4 Å². The van der Waals surface area contributed by atoms with E-state index >= 15 is 0 Å². The maximum Gasteiger partial charge on any atom is 0.238 e. The van der Waals surface area contributed by atoms with Gasteiger partial charge in [0.25, 0.3) is 0 Å². The van der Waals surface area contributed by atoms with Gasteiger partial charge in [-0.15, -0.1) is 11.8 Å². The zero-order valence-electron chi connectivity index (χ0n) is 15.0. The minimum Gasteiger partial charge on any atom is -0.352 e. The normalized spacial score (nSPS) is 16.1. The summed E-state index contributed by atoms with van der Waals surface area (Å²) in [6.07, 6.45) is 0.167. The first-order chi connectivity index (χ1) is 12.5. The second-order valence-electron chi connectivity index (χ2n) is 6.58. The number of nitrogens with zero attached hydrogens (tertiary/aromatic N) is 1. The lowest BCUT2D eigenvalue weighted by Crippen LogP contribution is -2.34. The van der Waals surface area contributed by atoms with Crippen LogP contribution >= 0.6 is 11.8 Å². The molecule has 1 aliphatic heterocycles. The van der Waals surface area contributed by atoms with Gasteiger partial charge in [-0.2, -0.15) is 0 Å². The number of benzene rings is 2. The highest BCUT2D eigenvalue weighted by molar-refractivity contribution is 8.01. The van der Waals surface area contributed by atoms with Gasteiger partial charge in [-0.25, -0.2) is 0 Å². The lowest BCUT2D eigenvalue weighted by molar-refractivity contribution is -0.124. The fraction of sp³-hybridized carbons (Fsp3) is 0.300. The van der Waals surface area contributed by atoms with Crippen LogP contribution in [0, 0.1) is 0 Å². The molecule has 0 aromatic heterocycles. The van der Waals surface area contributed by atoms with Gasteiger partial charge >= 0.3 is 0 Å². The Labute approximate surface area is 158 Å². The van der Waals surface area contributed by atoms with Crippen molar-refractivity contribution < 1.29 is 9.59 Å². The van der Waals surface area contributed by atoms with Crippen molar-refractivity contribution in [2.24, 2.45) is 0 Å². The van der Waals surface area contributed by atoms with Crippen molar-refractivity contribution in [2.75, 3.05) is 19.4 Å². The Hall–Kier alpha value is -2.31. The third kappa shape index (κ3) is 4.65. The van der Waals surface area contributed by atoms with E-state index < -0.39 is 5.25 Å². The molecule has 1 aliphatic rings. The van der Waals surface area contributed by atoms with Crippen molar-refractivity contribution >= 4 is 29.3 Å². The third-order valence-electron chi connectivity index (χ3n) is 4.16. The summed E-state index contributed by atoms with van der Waals surface area (Å²) < 4.78 is 0. The van der Waals surface area contributed by atoms with E-state index in [9.17, 15) is 9.59 Å². The van der Waals surface area contributed by atoms with Gasteiger partial charge in [-0.1, -0.05) is 36.4 Å². The summed E-state index contributed by atoms with van der Waals surface area (Å²) in [5.74, 6) is -0.228. The number of carbonyl (C=O) groups is 2. The number of anilines is 1. The van der Waals surface area contributed by atoms with Crippen LogP contribution in [0.3, 0.4) is 0 Å². The number of hydrogen-bond acceptors (Lipinski definition) is 4. The lowest BCUT2D eigenvalue weighted by atomic mass is 10.1. The van der Waals surface area contributed by atoms with Gasteiger partial charge in [0, 0.05) is 24.4 Å². The summed E-state index contributed by atoms with van der Waals surface area (Å²) in [5, 5.41) is 5.43. The first-order valence-corrected chi connectivity index (χ1v) is 9.45. The van der Waals surface area contributed by atoms with Crippen molar-refractivity contribution in [3.05, 3.63) is 59.7 Å². The van der Waals surface area contributed by atoms with E-state index in [1.807, 2.05) is 56.6 Å². The van der Waals surface area contributed by atoms with Crippen molar-refractivity contribution in [3.8, 4) is 0 Å². The van der Waals surface area contributed by atoms with Crippen molar-refractivity contribution in [1.82, 2.24) is 10.2 Å². The molecule has 2 N–H and O–H groups in total. The number of rotatable bonds is 6. The predicted molar refractivity (Wildman–Crippen MR) is 105 cm³/mol. The molecule has 5 nitrogen and oxygen atoms in total. The molecule has 1 heterocycles. The van der Waals surface area contributed by atoms with Gasteiger partial charge < -0.3 is 15.5 Å². The molecule has 1 atom stereocenters. The van der Waals surface area contributed by atoms with Crippen LogP contribution in [0.25, 0.3) is 0 Å². The molecule has 0 radical (unpaired) electrons. The summed E-state index contributed by atoms with van der Waals surface area (Å²) in [6, 6.07) is 15.7. The Morgan fingerprint density at radius 3 is 2.58 bits per heavy atom. The van der Waals surface area contributed by atoms with Gasteiger partial charge in [0.15, 0.2) is 0 Å². The Morgan fingerprint density at radius 2 is 1.81 bits per heavy atom. The number of hydrogen-bond donors (Lipinski definition) is 2. The molecule has 0 aliphatic carbocycles. The van der Waals surface area contributed by atoms with Gasteiger partial charge in [0.1, 0.15) is 0 Å². The van der Waals surface area contributed by atoms with E-state index in [-0.39, 0.29) is 18.2 Å². The van der Waals surface area contributed by atoms with Gasteiger partial charge in [-0.3, -0.25) is 9.59 Å². The topological polar surface area (TPSA) is 61.4 Å². The first-order valence-electron chi connectivity index (χ1n) is 8.57. The quantitative estimate of drug-likeness (QED) is 0.822. The zero-order chi connectivity index (χ0) is 18.5. The average molecular weight is 369 g/mol. The van der Waals surface area contributed by atoms with E-state index in [4.69, 9.17) is 0 Å². The van der Waals surface area contributed by atoms with Gasteiger partial charge in [0.2, 0.25) is 11.8 Å². The molecule has 0 bridgehead atoms. The number of carbonyl (C=O) groups excluding carboxylic acids is 2. The highest BCUT2D eigenvalue weighted by Gasteiger charge is 2.28. The molecule has 2 aromatic rings. The molecular formula is C20H23N3O2S. The molecule has 2 amide bonds. The van der Waals surface area contributed by atoms with Crippen LogP contribution in [0.2, 0.25) is 0 Å². The highest BCUT2D eigenvalue weighted by atomic mass is 32.2. The number of fused-ring (bicyclic) bond motifs is 1. The second kappa shape index (κ2) is 8.38. The smallest absolute Gasteiger partial charge is 0.238 e. The number of thioether (sulfide) groups is 1. The maximum absolute atomic E-state index is 12.4. The molecule has 2 aromatic carbocycles. The fourth-order valence-electron chi connectivity index (χ4n) is 2.89. The van der Waals surface area contributed by atoms with Crippen LogP contribution in [0.4, 0.5) is 5.69 Å². The van der Waals surface area contributed by atoms with E-state index in [0.29, 0.717) is 6.54 Å². The minimum atomic E-state index is -0.401. The van der Waals surface area contributed by atoms with Crippen molar-refractivity contribution in [1.29, 1.82) is 0 Å². The third-order valence-corrected chi connectivity index (χ3v) is 5.43. The number of amides is 2. The summed E-state index contributed by atoms with van der Waals surface area (Å²) in [7, 11) is 4.04. The number of nitrogens with one attached hydrogen (secondary N) is 2. The van der Waals surface area contributed by atoms with E-state index in [1.54, 1.807) is 0 Å². The standard InChI is InChI=1S/C20H23N3O2S/c1-23(2)13-15-8-4-3-7-14(15)12-21-19(24)11-18-20(25)22-16-9-5-6-10-17(16)26-18/h3-10,18H,11-13H2,1-2H3,(H,21,24)(H,22,25). The molecular weight excluding hydrogens is 346 g/mol. The zero-order valence-corrected chi connectivity index (χ0v) is 15.8. The summed E-state index contributed by atoms with van der Waals surface area (Å²) in [4.78, 5) is 27.7. The lowest BCUT2D eigenvalue weighted by Gasteiger charge is -2.23. The van der Waals surface area contributed by atoms with E-state index in [2.05, 4.69) is 21.6 Å². The molecule has 26 heavy (non-hydrogen) atoms. The molecule has 6 heteroatoms. The Kier molecular flexibility index (Phi) is 5.96. The number of para-hydroxylation sites is 1. The minimum absolute atomic E-state index is 0.114. The van der Waals surface area contributed by atoms with Crippen LogP contribution in [-0.4, -0.2) is 36.1 Å². The van der Waals surface area contributed by atoms with Crippen molar-refractivity contribution in [3.63, 3.8) is 0 Å². The monoisotopic (exact) mass is 369 g/mol. The molecule has 1 unspecified atom stereocenters. The molecule has 3 rings (SSSR count). The van der Waals surface area contributed by atoms with E-state index in [1.165, 1.54) is 17.3 Å². The van der Waals surface area contributed by atoms with Crippen LogP contribution < -0.4 is 10.6 Å². The van der Waals surface area contributed by atoms with Crippen LogP contribution in [0.1, 0.15) is 17.5 Å². The summed E-state index contributed by atoms with van der Waals surface area (Å²) in [6.45, 7) is 1.29.